The molecule has 5 heterocycles. The lowest BCUT2D eigenvalue weighted by Gasteiger charge is -2.53. The number of halogens is 3. The highest BCUT2D eigenvalue weighted by Gasteiger charge is 2.48. The van der Waals surface area contributed by atoms with Crippen molar-refractivity contribution in [2.24, 2.45) is 5.41 Å². The summed E-state index contributed by atoms with van der Waals surface area (Å²) in [6, 6.07) is 5.80. The average Bonchev–Trinajstić information content (AvgIpc) is 3.60. The maximum Gasteiger partial charge on any atom is 0.422 e. The van der Waals surface area contributed by atoms with Gasteiger partial charge in [-0.3, -0.25) is 5.10 Å². The molecule has 1 spiro atoms. The molecule has 0 bridgehead atoms. The topological polar surface area (TPSA) is 109 Å². The number of H-pyrrole nitrogens is 1. The Bertz CT molecular complexity index is 2040. The Morgan fingerprint density at radius 1 is 1.07 bits per heavy atom. The summed E-state index contributed by atoms with van der Waals surface area (Å²) >= 11 is 1.82. The number of hydrogen-bond donors (Lipinski definition) is 1. The summed E-state index contributed by atoms with van der Waals surface area (Å²) in [6.45, 7) is 15.3. The van der Waals surface area contributed by atoms with Crippen molar-refractivity contribution >= 4 is 51.6 Å². The smallest absolute Gasteiger partial charge is 0.422 e. The fraction of sp³-hybridized carbons (Fsp3) is 0.550. The first kappa shape index (κ1) is 39.0. The van der Waals surface area contributed by atoms with Crippen LogP contribution >= 0.6 is 11.8 Å². The number of alkyl halides is 3. The second-order valence-electron chi connectivity index (χ2n) is 16.1. The number of benzene rings is 2. The van der Waals surface area contributed by atoms with Crippen molar-refractivity contribution in [2.75, 3.05) is 69.3 Å². The number of amides is 1. The summed E-state index contributed by atoms with van der Waals surface area (Å²) in [5.74, 6) is 1.61. The lowest BCUT2D eigenvalue weighted by Crippen LogP contribution is -2.62. The van der Waals surface area contributed by atoms with Crippen LogP contribution in [0.3, 0.4) is 0 Å². The molecular weight excluding hydrogens is 732 g/mol. The van der Waals surface area contributed by atoms with Crippen LogP contribution in [-0.4, -0.2) is 118 Å². The van der Waals surface area contributed by atoms with Gasteiger partial charge in [0.2, 0.25) is 0 Å². The number of likely N-dealkylation sites (tertiary alicyclic amines) is 2. The van der Waals surface area contributed by atoms with Crippen LogP contribution in [-0.2, 0) is 4.74 Å². The Balaban J connectivity index is 1.30. The Kier molecular flexibility index (Phi) is 10.9. The van der Waals surface area contributed by atoms with Crippen LogP contribution in [0.5, 0.6) is 11.8 Å². The third kappa shape index (κ3) is 8.47. The van der Waals surface area contributed by atoms with E-state index in [0.717, 1.165) is 67.5 Å². The van der Waals surface area contributed by atoms with Crippen LogP contribution in [0.4, 0.5) is 23.8 Å². The van der Waals surface area contributed by atoms with Gasteiger partial charge in [-0.1, -0.05) is 18.7 Å². The zero-order valence-corrected chi connectivity index (χ0v) is 33.0. The van der Waals surface area contributed by atoms with Crippen molar-refractivity contribution in [3.63, 3.8) is 0 Å². The zero-order chi connectivity index (χ0) is 39.1. The number of nitrogens with zero attached hydrogens (tertiary/aromatic N) is 6. The molecule has 0 atom stereocenters. The molecule has 1 amide bonds. The Morgan fingerprint density at radius 3 is 2.45 bits per heavy atom. The predicted molar refractivity (Wildman–Crippen MR) is 211 cm³/mol. The molecule has 296 valence electrons. The molecule has 4 aromatic rings. The fourth-order valence-electron chi connectivity index (χ4n) is 8.03. The third-order valence-electron chi connectivity index (χ3n) is 10.9. The van der Waals surface area contributed by atoms with Crippen LogP contribution in [0.25, 0.3) is 39.0 Å². The van der Waals surface area contributed by atoms with E-state index in [0.29, 0.717) is 54.1 Å². The molecular formula is C40H50F3N7O4S. The first-order valence-corrected chi connectivity index (χ1v) is 20.3. The highest BCUT2D eigenvalue weighted by molar-refractivity contribution is 7.98. The molecule has 2 aromatic heterocycles. The Hall–Kier alpha value is -4.24. The normalized spacial score (nSPS) is 18.2. The van der Waals surface area contributed by atoms with Gasteiger partial charge in [-0.05, 0) is 88.5 Å². The maximum atomic E-state index is 14.0. The summed E-state index contributed by atoms with van der Waals surface area (Å²) in [5.41, 5.74) is 2.90. The van der Waals surface area contributed by atoms with Gasteiger partial charge in [-0.25, -0.2) is 4.79 Å². The molecule has 55 heavy (non-hydrogen) atoms. The Morgan fingerprint density at radius 2 is 1.80 bits per heavy atom. The molecule has 2 aromatic carbocycles. The number of nitrogens with one attached hydrogen (secondary N) is 1. The van der Waals surface area contributed by atoms with Crippen LogP contribution < -0.4 is 14.4 Å². The largest absolute Gasteiger partial charge is 0.481 e. The number of carbonyl (C=O) groups is 1. The number of thioether (sulfide) groups is 1. The molecule has 0 saturated carbocycles. The van der Waals surface area contributed by atoms with Crippen LogP contribution in [0.15, 0.2) is 31.0 Å². The molecule has 3 saturated heterocycles. The second-order valence-corrected chi connectivity index (χ2v) is 17.1. The highest BCUT2D eigenvalue weighted by Crippen LogP contribution is 2.48. The summed E-state index contributed by atoms with van der Waals surface area (Å²) in [7, 11) is 0. The van der Waals surface area contributed by atoms with E-state index < -0.39 is 18.4 Å². The van der Waals surface area contributed by atoms with E-state index in [1.54, 1.807) is 17.2 Å². The molecule has 0 unspecified atom stereocenters. The third-order valence-corrected chi connectivity index (χ3v) is 11.5. The predicted octanol–water partition coefficient (Wildman–Crippen LogP) is 8.11. The van der Waals surface area contributed by atoms with Gasteiger partial charge in [0.1, 0.15) is 23.0 Å². The van der Waals surface area contributed by atoms with Crippen molar-refractivity contribution < 1.29 is 32.2 Å². The molecule has 0 radical (unpaired) electrons. The van der Waals surface area contributed by atoms with Gasteiger partial charge in [-0.15, -0.1) is 0 Å². The van der Waals surface area contributed by atoms with Gasteiger partial charge < -0.3 is 28.9 Å². The number of carbonyl (C=O) groups excluding carboxylic acids is 1. The van der Waals surface area contributed by atoms with E-state index in [9.17, 15) is 18.0 Å². The van der Waals surface area contributed by atoms with E-state index >= 15 is 0 Å². The fourth-order valence-corrected chi connectivity index (χ4v) is 8.48. The molecule has 11 nitrogen and oxygen atoms in total. The van der Waals surface area contributed by atoms with Crippen molar-refractivity contribution in [3.05, 3.63) is 42.1 Å². The minimum atomic E-state index is -4.61. The molecule has 3 fully saturated rings. The summed E-state index contributed by atoms with van der Waals surface area (Å²) in [6.07, 6.45) is 3.51. The van der Waals surface area contributed by atoms with Gasteiger partial charge in [0.15, 0.2) is 12.4 Å². The number of aromatic amines is 1. The quantitative estimate of drug-likeness (QED) is 0.170. The molecule has 3 aliphatic rings. The highest BCUT2D eigenvalue weighted by atomic mass is 32.2. The Labute approximate surface area is 324 Å². The standard InChI is InChI=1S/C40H50F3N7O4S/c1-7-26-20-28-33(34(52-24-40(41,42)43)32(26)31-25(2)8-9-30-29(31)21-44-47-30)45-36(53-27-10-14-48(15-11-27)18-19-55-6)46-35(28)49-16-12-39(13-17-49)22-50(23-39)37(51)54-38(3,4)5/h7-9,20-21,27H,1,10-19,22-24H2,2-6H3,(H,44,47). The van der Waals surface area contributed by atoms with Crippen molar-refractivity contribution in [1.29, 1.82) is 0 Å². The number of anilines is 1. The monoisotopic (exact) mass is 781 g/mol. The van der Waals surface area contributed by atoms with E-state index in [4.69, 9.17) is 24.2 Å². The molecule has 1 N–H and O–H groups in total. The number of rotatable bonds is 10. The molecule has 3 aliphatic heterocycles. The molecule has 15 heteroatoms. The van der Waals surface area contributed by atoms with E-state index in [-0.39, 0.29) is 34.9 Å². The van der Waals surface area contributed by atoms with Gasteiger partial charge in [0.05, 0.1) is 11.7 Å². The van der Waals surface area contributed by atoms with Crippen molar-refractivity contribution in [2.45, 2.75) is 71.3 Å². The van der Waals surface area contributed by atoms with Gasteiger partial charge >= 0.3 is 18.3 Å². The zero-order valence-electron chi connectivity index (χ0n) is 32.2. The van der Waals surface area contributed by atoms with Crippen molar-refractivity contribution in [1.82, 2.24) is 30.0 Å². The minimum Gasteiger partial charge on any atom is -0.481 e. The summed E-state index contributed by atoms with van der Waals surface area (Å²) in [4.78, 5) is 29.0. The van der Waals surface area contributed by atoms with E-state index in [1.807, 2.05) is 57.7 Å². The number of fused-ring (bicyclic) bond motifs is 2. The van der Waals surface area contributed by atoms with Crippen LogP contribution in [0, 0.1) is 12.3 Å². The molecule has 7 rings (SSSR count). The second kappa shape index (κ2) is 15.4. The molecule has 0 aliphatic carbocycles. The van der Waals surface area contributed by atoms with Gasteiger partial charge in [0.25, 0.3) is 0 Å². The lowest BCUT2D eigenvalue weighted by atomic mass is 9.72. The first-order valence-electron chi connectivity index (χ1n) is 18.9. The number of hydrogen-bond acceptors (Lipinski definition) is 10. The number of ether oxygens (including phenoxy) is 3. The van der Waals surface area contributed by atoms with Gasteiger partial charge in [-0.2, -0.15) is 40.0 Å². The lowest BCUT2D eigenvalue weighted by molar-refractivity contribution is -0.153. The van der Waals surface area contributed by atoms with Crippen LogP contribution in [0.2, 0.25) is 0 Å². The van der Waals surface area contributed by atoms with E-state index in [1.165, 1.54) is 0 Å². The van der Waals surface area contributed by atoms with Crippen molar-refractivity contribution in [3.8, 4) is 22.9 Å². The van der Waals surface area contributed by atoms with E-state index in [2.05, 4.69) is 32.8 Å². The summed E-state index contributed by atoms with van der Waals surface area (Å²) in [5, 5.41) is 8.50. The number of piperidine rings is 2. The maximum absolute atomic E-state index is 14.0. The number of aromatic nitrogens is 4. The van der Waals surface area contributed by atoms with Crippen LogP contribution in [0.1, 0.15) is 57.6 Å². The average molecular weight is 782 g/mol. The minimum absolute atomic E-state index is 0.0117. The number of aryl methyl sites for hydroxylation is 1. The summed E-state index contributed by atoms with van der Waals surface area (Å²) < 4.78 is 60.0. The SMILES string of the molecule is C=Cc1cc2c(N3CCC4(CC3)CN(C(=O)OC(C)(C)C)C4)nc(OC3CCN(CCSC)CC3)nc2c(OCC(F)(F)F)c1-c1c(C)ccc2[nH]ncc12. The first-order chi connectivity index (χ1) is 26.2. The van der Waals surface area contributed by atoms with Gasteiger partial charge in [0, 0.05) is 73.3 Å².